The first-order valence-electron chi connectivity index (χ1n) is 7.40. The average Bonchev–Trinajstić information content (AvgIpc) is 2.80. The molecule has 0 radical (unpaired) electrons. The van der Waals surface area contributed by atoms with E-state index in [-0.39, 0.29) is 12.1 Å². The van der Waals surface area contributed by atoms with Gasteiger partial charge in [-0.2, -0.15) is 5.10 Å². The van der Waals surface area contributed by atoms with Crippen LogP contribution in [-0.2, 0) is 6.54 Å². The SMILES string of the molecule is CCn1cc(NC(=O)NC(C)C2=CCCCC2)c(C)n1. The van der Waals surface area contributed by atoms with Gasteiger partial charge in [-0.3, -0.25) is 4.68 Å². The highest BCUT2D eigenvalue weighted by Gasteiger charge is 2.15. The highest BCUT2D eigenvalue weighted by molar-refractivity contribution is 5.90. The number of nitrogens with zero attached hydrogens (tertiary/aromatic N) is 2. The van der Waals surface area contributed by atoms with E-state index in [0.717, 1.165) is 30.8 Å². The molecule has 1 aromatic heterocycles. The summed E-state index contributed by atoms with van der Waals surface area (Å²) < 4.78 is 1.82. The minimum Gasteiger partial charge on any atom is -0.332 e. The molecule has 1 aliphatic carbocycles. The minimum absolute atomic E-state index is 0.0943. The van der Waals surface area contributed by atoms with Gasteiger partial charge in [-0.25, -0.2) is 4.79 Å². The second-order valence-corrected chi connectivity index (χ2v) is 5.33. The van der Waals surface area contributed by atoms with Crippen LogP contribution in [-0.4, -0.2) is 21.9 Å². The van der Waals surface area contributed by atoms with Crippen LogP contribution in [0.4, 0.5) is 10.5 Å². The van der Waals surface area contributed by atoms with Crippen LogP contribution in [0.25, 0.3) is 0 Å². The first kappa shape index (κ1) is 14.6. The highest BCUT2D eigenvalue weighted by Crippen LogP contribution is 2.20. The summed E-state index contributed by atoms with van der Waals surface area (Å²) in [6.45, 7) is 6.76. The van der Waals surface area contributed by atoms with E-state index in [1.54, 1.807) is 0 Å². The quantitative estimate of drug-likeness (QED) is 0.829. The van der Waals surface area contributed by atoms with Crippen molar-refractivity contribution < 1.29 is 4.79 Å². The van der Waals surface area contributed by atoms with Gasteiger partial charge in [0.05, 0.1) is 11.4 Å². The normalized spacial score (nSPS) is 16.4. The minimum atomic E-state index is -0.164. The zero-order valence-electron chi connectivity index (χ0n) is 12.6. The molecule has 2 amide bonds. The Bertz CT molecular complexity index is 504. The standard InChI is InChI=1S/C15H24N4O/c1-4-19-10-14(12(3)18-19)17-15(20)16-11(2)13-8-6-5-7-9-13/h8,10-11H,4-7,9H2,1-3H3,(H2,16,17,20). The second-order valence-electron chi connectivity index (χ2n) is 5.33. The monoisotopic (exact) mass is 276 g/mol. The molecule has 0 aromatic carbocycles. The second kappa shape index (κ2) is 6.59. The third-order valence-corrected chi connectivity index (χ3v) is 3.75. The lowest BCUT2D eigenvalue weighted by Gasteiger charge is -2.20. The Morgan fingerprint density at radius 3 is 2.90 bits per heavy atom. The maximum absolute atomic E-state index is 12.0. The first-order chi connectivity index (χ1) is 9.60. The van der Waals surface area contributed by atoms with Gasteiger partial charge in [0, 0.05) is 18.8 Å². The number of allylic oxidation sites excluding steroid dienone is 1. The number of amides is 2. The summed E-state index contributed by atoms with van der Waals surface area (Å²) in [6.07, 6.45) is 8.83. The number of rotatable bonds is 4. The van der Waals surface area contributed by atoms with Crippen molar-refractivity contribution in [3.63, 3.8) is 0 Å². The molecule has 1 heterocycles. The van der Waals surface area contributed by atoms with Crippen molar-refractivity contribution in [2.75, 3.05) is 5.32 Å². The molecule has 0 fully saturated rings. The fourth-order valence-electron chi connectivity index (χ4n) is 2.51. The van der Waals surface area contributed by atoms with E-state index in [1.807, 2.05) is 31.6 Å². The van der Waals surface area contributed by atoms with Crippen LogP contribution in [0, 0.1) is 6.92 Å². The first-order valence-corrected chi connectivity index (χ1v) is 7.40. The Hall–Kier alpha value is -1.78. The van der Waals surface area contributed by atoms with Gasteiger partial charge in [0.1, 0.15) is 0 Å². The fourth-order valence-corrected chi connectivity index (χ4v) is 2.51. The summed E-state index contributed by atoms with van der Waals surface area (Å²) in [6, 6.07) is -0.0699. The molecule has 1 atom stereocenters. The number of aromatic nitrogens is 2. The molecule has 0 aliphatic heterocycles. The lowest BCUT2D eigenvalue weighted by Crippen LogP contribution is -2.37. The van der Waals surface area contributed by atoms with Crippen molar-refractivity contribution >= 4 is 11.7 Å². The van der Waals surface area contributed by atoms with Crippen LogP contribution in [0.15, 0.2) is 17.8 Å². The Kier molecular flexibility index (Phi) is 4.82. The van der Waals surface area contributed by atoms with Gasteiger partial charge < -0.3 is 10.6 Å². The smallest absolute Gasteiger partial charge is 0.319 e. The summed E-state index contributed by atoms with van der Waals surface area (Å²) in [5.41, 5.74) is 2.95. The van der Waals surface area contributed by atoms with Gasteiger partial charge >= 0.3 is 6.03 Å². The van der Waals surface area contributed by atoms with Gasteiger partial charge in [0.15, 0.2) is 0 Å². The molecule has 1 unspecified atom stereocenters. The summed E-state index contributed by atoms with van der Waals surface area (Å²) >= 11 is 0. The van der Waals surface area contributed by atoms with Crippen LogP contribution in [0.1, 0.15) is 45.2 Å². The number of nitrogens with one attached hydrogen (secondary N) is 2. The topological polar surface area (TPSA) is 59.0 Å². The Balaban J connectivity index is 1.91. The molecule has 1 aliphatic rings. The van der Waals surface area contributed by atoms with Gasteiger partial charge in [0.2, 0.25) is 0 Å². The van der Waals surface area contributed by atoms with Crippen LogP contribution in [0.5, 0.6) is 0 Å². The highest BCUT2D eigenvalue weighted by atomic mass is 16.2. The zero-order chi connectivity index (χ0) is 14.5. The van der Waals surface area contributed by atoms with Gasteiger partial charge in [-0.15, -0.1) is 0 Å². The largest absolute Gasteiger partial charge is 0.332 e. The fraction of sp³-hybridized carbons (Fsp3) is 0.600. The Morgan fingerprint density at radius 1 is 1.50 bits per heavy atom. The predicted octanol–water partition coefficient (Wildman–Crippen LogP) is 3.22. The predicted molar refractivity (Wildman–Crippen MR) is 80.8 cm³/mol. The van der Waals surface area contributed by atoms with E-state index in [9.17, 15) is 4.79 Å². The Labute approximate surface area is 120 Å². The van der Waals surface area contributed by atoms with Crippen LogP contribution in [0.2, 0.25) is 0 Å². The molecule has 0 spiro atoms. The molecule has 5 nitrogen and oxygen atoms in total. The van der Waals surface area contributed by atoms with Crippen molar-refractivity contribution in [2.24, 2.45) is 0 Å². The van der Waals surface area contributed by atoms with E-state index in [2.05, 4.69) is 21.8 Å². The number of carbonyl (C=O) groups is 1. The summed E-state index contributed by atoms with van der Waals surface area (Å²) in [7, 11) is 0. The van der Waals surface area contributed by atoms with Crippen molar-refractivity contribution in [3.8, 4) is 0 Å². The molecule has 1 aromatic rings. The van der Waals surface area contributed by atoms with E-state index >= 15 is 0 Å². The maximum atomic E-state index is 12.0. The summed E-state index contributed by atoms with van der Waals surface area (Å²) in [5.74, 6) is 0. The van der Waals surface area contributed by atoms with Gasteiger partial charge in [-0.05, 0) is 46.5 Å². The number of anilines is 1. The van der Waals surface area contributed by atoms with E-state index < -0.39 is 0 Å². The number of hydrogen-bond acceptors (Lipinski definition) is 2. The van der Waals surface area contributed by atoms with Crippen molar-refractivity contribution in [1.82, 2.24) is 15.1 Å². The lowest BCUT2D eigenvalue weighted by atomic mass is 9.95. The molecular formula is C15H24N4O. The zero-order valence-corrected chi connectivity index (χ0v) is 12.6. The lowest BCUT2D eigenvalue weighted by molar-refractivity contribution is 0.250. The third kappa shape index (κ3) is 3.62. The van der Waals surface area contributed by atoms with Crippen LogP contribution < -0.4 is 10.6 Å². The molecule has 2 N–H and O–H groups in total. The van der Waals surface area contributed by atoms with Crippen LogP contribution >= 0.6 is 0 Å². The molecule has 0 bridgehead atoms. The molecule has 110 valence electrons. The average molecular weight is 276 g/mol. The molecule has 0 saturated heterocycles. The maximum Gasteiger partial charge on any atom is 0.319 e. The molecule has 20 heavy (non-hydrogen) atoms. The number of carbonyl (C=O) groups excluding carboxylic acids is 1. The molecule has 2 rings (SSSR count). The van der Waals surface area contributed by atoms with Crippen molar-refractivity contribution in [2.45, 2.75) is 59.0 Å². The van der Waals surface area contributed by atoms with E-state index in [1.165, 1.54) is 18.4 Å². The molecular weight excluding hydrogens is 252 g/mol. The van der Waals surface area contributed by atoms with Crippen molar-refractivity contribution in [1.29, 1.82) is 0 Å². The number of urea groups is 1. The van der Waals surface area contributed by atoms with Gasteiger partial charge in [-0.1, -0.05) is 11.6 Å². The van der Waals surface area contributed by atoms with Crippen LogP contribution in [0.3, 0.4) is 0 Å². The third-order valence-electron chi connectivity index (χ3n) is 3.75. The molecule has 0 saturated carbocycles. The van der Waals surface area contributed by atoms with Gasteiger partial charge in [0.25, 0.3) is 0 Å². The summed E-state index contributed by atoms with van der Waals surface area (Å²) in [5, 5.41) is 10.2. The Morgan fingerprint density at radius 2 is 2.30 bits per heavy atom. The van der Waals surface area contributed by atoms with E-state index in [0.29, 0.717) is 0 Å². The molecule has 5 heteroatoms. The van der Waals surface area contributed by atoms with E-state index in [4.69, 9.17) is 0 Å². The number of aryl methyl sites for hydroxylation is 2. The summed E-state index contributed by atoms with van der Waals surface area (Å²) in [4.78, 5) is 12.0. The number of hydrogen-bond donors (Lipinski definition) is 2. The van der Waals surface area contributed by atoms with Crippen molar-refractivity contribution in [3.05, 3.63) is 23.5 Å².